The fraction of sp³-hybridized carbons (Fsp3) is 0.185. The van der Waals surface area contributed by atoms with Gasteiger partial charge in [-0.25, -0.2) is 0 Å². The first-order chi connectivity index (χ1) is 15.2. The number of anilines is 1. The van der Waals surface area contributed by atoms with Crippen molar-refractivity contribution in [3.63, 3.8) is 0 Å². The van der Waals surface area contributed by atoms with Gasteiger partial charge in [0.1, 0.15) is 6.61 Å². The molecule has 4 heteroatoms. The molecule has 0 saturated heterocycles. The minimum absolute atomic E-state index is 0.470. The van der Waals surface area contributed by atoms with Crippen molar-refractivity contribution in [1.82, 2.24) is 0 Å². The molecule has 0 spiro atoms. The Balaban J connectivity index is 1.49. The van der Waals surface area contributed by atoms with Crippen molar-refractivity contribution in [3.8, 4) is 11.5 Å². The van der Waals surface area contributed by atoms with E-state index in [0.717, 1.165) is 27.7 Å². The number of ether oxygens (including phenoxy) is 2. The average molecular weight is 476 g/mol. The monoisotopic (exact) mass is 475 g/mol. The highest BCUT2D eigenvalue weighted by Gasteiger charge is 2.13. The van der Waals surface area contributed by atoms with Crippen molar-refractivity contribution in [2.24, 2.45) is 0 Å². The van der Waals surface area contributed by atoms with Crippen molar-refractivity contribution >= 4 is 32.4 Å². The van der Waals surface area contributed by atoms with Crippen LogP contribution in [0.15, 0.2) is 83.3 Å². The molecule has 0 aliphatic rings. The zero-order chi connectivity index (χ0) is 21.6. The van der Waals surface area contributed by atoms with E-state index in [1.54, 1.807) is 7.11 Å². The third-order valence-electron chi connectivity index (χ3n) is 5.40. The van der Waals surface area contributed by atoms with Crippen LogP contribution >= 0.6 is 15.9 Å². The number of benzene rings is 4. The standard InChI is InChI=1S/C27H26BrNO2/c1-3-19-11-13-23(14-12-19)29-17-20-15-25(28)27(26(16-20)30-2)31-18-22-9-6-8-21-7-4-5-10-24(21)22/h4-16,29H,3,17-18H2,1-2H3. The summed E-state index contributed by atoms with van der Waals surface area (Å²) in [4.78, 5) is 0. The highest BCUT2D eigenvalue weighted by atomic mass is 79.9. The third-order valence-corrected chi connectivity index (χ3v) is 5.99. The molecule has 158 valence electrons. The zero-order valence-electron chi connectivity index (χ0n) is 17.8. The van der Waals surface area contributed by atoms with Crippen LogP contribution in [0.1, 0.15) is 23.6 Å². The molecule has 0 atom stereocenters. The van der Waals surface area contributed by atoms with Gasteiger partial charge < -0.3 is 14.8 Å². The largest absolute Gasteiger partial charge is 0.493 e. The summed E-state index contributed by atoms with van der Waals surface area (Å²) in [6, 6.07) is 27.3. The van der Waals surface area contributed by atoms with Crippen LogP contribution in [-0.4, -0.2) is 7.11 Å². The quantitative estimate of drug-likeness (QED) is 0.288. The molecule has 3 nitrogen and oxygen atoms in total. The predicted octanol–water partition coefficient (Wildman–Crippen LogP) is 7.36. The maximum Gasteiger partial charge on any atom is 0.175 e. The molecule has 0 aromatic heterocycles. The molecule has 0 radical (unpaired) electrons. The van der Waals surface area contributed by atoms with Gasteiger partial charge in [-0.1, -0.05) is 61.5 Å². The SMILES string of the molecule is CCc1ccc(NCc2cc(Br)c(OCc3cccc4ccccc34)c(OC)c2)cc1. The van der Waals surface area contributed by atoms with Gasteiger partial charge in [0.25, 0.3) is 0 Å². The Kier molecular flexibility index (Phi) is 6.78. The number of halogens is 1. The average Bonchev–Trinajstić information content (AvgIpc) is 2.82. The second-order valence-electron chi connectivity index (χ2n) is 7.44. The lowest BCUT2D eigenvalue weighted by Crippen LogP contribution is -2.03. The summed E-state index contributed by atoms with van der Waals surface area (Å²) in [6.07, 6.45) is 1.05. The summed E-state index contributed by atoms with van der Waals surface area (Å²) in [5, 5.41) is 5.89. The van der Waals surface area contributed by atoms with Crippen molar-refractivity contribution in [2.45, 2.75) is 26.5 Å². The molecule has 0 amide bonds. The van der Waals surface area contributed by atoms with Gasteiger partial charge in [0.05, 0.1) is 11.6 Å². The van der Waals surface area contributed by atoms with Crippen LogP contribution in [0.4, 0.5) is 5.69 Å². The molecule has 4 aromatic rings. The van der Waals surface area contributed by atoms with Gasteiger partial charge >= 0.3 is 0 Å². The molecule has 4 aromatic carbocycles. The van der Waals surface area contributed by atoms with E-state index >= 15 is 0 Å². The Morgan fingerprint density at radius 3 is 2.42 bits per heavy atom. The van der Waals surface area contributed by atoms with E-state index in [2.05, 4.69) is 101 Å². The summed E-state index contributed by atoms with van der Waals surface area (Å²) in [7, 11) is 1.67. The highest BCUT2D eigenvalue weighted by molar-refractivity contribution is 9.10. The maximum absolute atomic E-state index is 6.20. The second kappa shape index (κ2) is 9.88. The Morgan fingerprint density at radius 1 is 0.871 bits per heavy atom. The molecule has 0 aliphatic carbocycles. The lowest BCUT2D eigenvalue weighted by atomic mass is 10.1. The van der Waals surface area contributed by atoms with Gasteiger partial charge in [0.2, 0.25) is 0 Å². The van der Waals surface area contributed by atoms with Crippen molar-refractivity contribution < 1.29 is 9.47 Å². The van der Waals surface area contributed by atoms with Gasteiger partial charge in [-0.2, -0.15) is 0 Å². The lowest BCUT2D eigenvalue weighted by molar-refractivity contribution is 0.283. The number of aryl methyl sites for hydroxylation is 1. The molecule has 0 fully saturated rings. The van der Waals surface area contributed by atoms with E-state index in [-0.39, 0.29) is 0 Å². The van der Waals surface area contributed by atoms with Crippen LogP contribution in [0.3, 0.4) is 0 Å². The van der Waals surface area contributed by atoms with Crippen LogP contribution in [0, 0.1) is 0 Å². The number of fused-ring (bicyclic) bond motifs is 1. The zero-order valence-corrected chi connectivity index (χ0v) is 19.4. The minimum Gasteiger partial charge on any atom is -0.493 e. The normalized spacial score (nSPS) is 10.8. The fourth-order valence-electron chi connectivity index (χ4n) is 3.65. The Hall–Kier alpha value is -2.98. The molecule has 0 bridgehead atoms. The number of methoxy groups -OCH3 is 1. The van der Waals surface area contributed by atoms with E-state index in [1.165, 1.54) is 16.3 Å². The summed E-state index contributed by atoms with van der Waals surface area (Å²) in [5.41, 5.74) is 4.69. The van der Waals surface area contributed by atoms with Crippen LogP contribution in [-0.2, 0) is 19.6 Å². The summed E-state index contributed by atoms with van der Waals surface area (Å²) in [6.45, 7) is 3.33. The third kappa shape index (κ3) is 5.02. The van der Waals surface area contributed by atoms with Gasteiger partial charge in [-0.3, -0.25) is 0 Å². The van der Waals surface area contributed by atoms with Gasteiger partial charge in [0.15, 0.2) is 11.5 Å². The molecule has 0 unspecified atom stereocenters. The van der Waals surface area contributed by atoms with E-state index in [1.807, 2.05) is 6.07 Å². The molecular weight excluding hydrogens is 450 g/mol. The van der Waals surface area contributed by atoms with E-state index in [9.17, 15) is 0 Å². The Bertz CT molecular complexity index is 1170. The van der Waals surface area contributed by atoms with Crippen molar-refractivity contribution in [3.05, 3.63) is 100 Å². The molecule has 0 aliphatic heterocycles. The smallest absolute Gasteiger partial charge is 0.175 e. The van der Waals surface area contributed by atoms with E-state index in [0.29, 0.717) is 24.7 Å². The maximum atomic E-state index is 6.20. The number of nitrogens with one attached hydrogen (secondary N) is 1. The first kappa shape index (κ1) is 21.3. The number of hydrogen-bond acceptors (Lipinski definition) is 3. The minimum atomic E-state index is 0.470. The van der Waals surface area contributed by atoms with Crippen molar-refractivity contribution in [2.75, 3.05) is 12.4 Å². The topological polar surface area (TPSA) is 30.5 Å². The molecular formula is C27H26BrNO2. The first-order valence-electron chi connectivity index (χ1n) is 10.5. The molecule has 0 heterocycles. The van der Waals surface area contributed by atoms with E-state index in [4.69, 9.17) is 9.47 Å². The molecule has 1 N–H and O–H groups in total. The molecule has 0 saturated carbocycles. The van der Waals surface area contributed by atoms with Crippen LogP contribution in [0.2, 0.25) is 0 Å². The fourth-order valence-corrected chi connectivity index (χ4v) is 4.25. The van der Waals surface area contributed by atoms with Crippen molar-refractivity contribution in [1.29, 1.82) is 0 Å². The van der Waals surface area contributed by atoms with Crippen LogP contribution in [0.25, 0.3) is 10.8 Å². The van der Waals surface area contributed by atoms with Gasteiger partial charge in [-0.15, -0.1) is 0 Å². The lowest BCUT2D eigenvalue weighted by Gasteiger charge is -2.16. The number of rotatable bonds is 8. The number of hydrogen-bond donors (Lipinski definition) is 1. The van der Waals surface area contributed by atoms with Crippen LogP contribution in [0.5, 0.6) is 11.5 Å². The van der Waals surface area contributed by atoms with Crippen LogP contribution < -0.4 is 14.8 Å². The van der Waals surface area contributed by atoms with Gasteiger partial charge in [-0.05, 0) is 74.1 Å². The first-order valence-corrected chi connectivity index (χ1v) is 11.3. The van der Waals surface area contributed by atoms with E-state index < -0.39 is 0 Å². The Morgan fingerprint density at radius 2 is 1.65 bits per heavy atom. The Labute approximate surface area is 192 Å². The molecule has 31 heavy (non-hydrogen) atoms. The predicted molar refractivity (Wildman–Crippen MR) is 132 cm³/mol. The summed E-state index contributed by atoms with van der Waals surface area (Å²) >= 11 is 3.67. The molecule has 4 rings (SSSR count). The second-order valence-corrected chi connectivity index (χ2v) is 8.29. The highest BCUT2D eigenvalue weighted by Crippen LogP contribution is 2.37. The summed E-state index contributed by atoms with van der Waals surface area (Å²) in [5.74, 6) is 1.43. The summed E-state index contributed by atoms with van der Waals surface area (Å²) < 4.78 is 12.7. The van der Waals surface area contributed by atoms with Gasteiger partial charge in [0, 0.05) is 12.2 Å².